The number of hydrogen-bond donors (Lipinski definition) is 1. The van der Waals surface area contributed by atoms with Gasteiger partial charge in [-0.2, -0.15) is 13.2 Å². The van der Waals surface area contributed by atoms with Crippen molar-refractivity contribution >= 4 is 17.5 Å². The maximum Gasteiger partial charge on any atom is 0.471 e. The largest absolute Gasteiger partial charge is 0.471 e. The van der Waals surface area contributed by atoms with Crippen molar-refractivity contribution in [2.24, 2.45) is 7.05 Å². The number of benzene rings is 1. The number of halogens is 4. The molecule has 0 bridgehead atoms. The third-order valence-electron chi connectivity index (χ3n) is 2.83. The zero-order valence-corrected chi connectivity index (χ0v) is 11.6. The molecule has 1 heterocycles. The van der Waals surface area contributed by atoms with Gasteiger partial charge in [0.05, 0.1) is 0 Å². The van der Waals surface area contributed by atoms with E-state index in [1.54, 1.807) is 31.4 Å². The van der Waals surface area contributed by atoms with Gasteiger partial charge in [-0.25, -0.2) is 4.98 Å². The molecule has 0 aliphatic rings. The van der Waals surface area contributed by atoms with Crippen molar-refractivity contribution in [2.75, 3.05) is 0 Å². The van der Waals surface area contributed by atoms with Gasteiger partial charge in [-0.15, -0.1) is 0 Å². The number of hydrogen-bond acceptors (Lipinski definition) is 2. The number of carbonyl (C=O) groups excluding carboxylic acids is 1. The summed E-state index contributed by atoms with van der Waals surface area (Å²) in [5, 5.41) is 2.29. The van der Waals surface area contributed by atoms with Crippen LogP contribution in [0.2, 0.25) is 5.02 Å². The smallest absolute Gasteiger partial charge is 0.336 e. The number of alkyl halides is 3. The number of aryl methyl sites for hydroxylation is 1. The second kappa shape index (κ2) is 5.77. The van der Waals surface area contributed by atoms with Crippen molar-refractivity contribution < 1.29 is 18.0 Å². The number of imidazole rings is 1. The number of nitrogens with zero attached hydrogens (tertiary/aromatic N) is 2. The SMILES string of the molecule is Cn1ccnc1C(NC(=O)C(F)(F)F)c1cccc(Cl)c1. The van der Waals surface area contributed by atoms with E-state index in [0.717, 1.165) is 0 Å². The summed E-state index contributed by atoms with van der Waals surface area (Å²) in [7, 11) is 1.62. The summed E-state index contributed by atoms with van der Waals surface area (Å²) < 4.78 is 39.0. The number of amides is 1. The van der Waals surface area contributed by atoms with Crippen molar-refractivity contribution in [1.82, 2.24) is 14.9 Å². The molecule has 0 radical (unpaired) electrons. The molecule has 4 nitrogen and oxygen atoms in total. The molecule has 0 aliphatic heterocycles. The van der Waals surface area contributed by atoms with Crippen LogP contribution in [0.15, 0.2) is 36.7 Å². The monoisotopic (exact) mass is 317 g/mol. The van der Waals surface area contributed by atoms with E-state index in [-0.39, 0.29) is 5.82 Å². The number of carbonyl (C=O) groups is 1. The average Bonchev–Trinajstić information content (AvgIpc) is 2.80. The van der Waals surface area contributed by atoms with Crippen LogP contribution < -0.4 is 5.32 Å². The molecule has 21 heavy (non-hydrogen) atoms. The summed E-state index contributed by atoms with van der Waals surface area (Å²) in [5.41, 5.74) is 0.411. The van der Waals surface area contributed by atoms with Crippen molar-refractivity contribution in [3.05, 3.63) is 53.1 Å². The molecular formula is C13H11ClF3N3O. The lowest BCUT2D eigenvalue weighted by Crippen LogP contribution is -2.40. The van der Waals surface area contributed by atoms with Gasteiger partial charge in [0.2, 0.25) is 0 Å². The molecule has 0 saturated heterocycles. The first-order valence-corrected chi connectivity index (χ1v) is 6.27. The minimum absolute atomic E-state index is 0.273. The highest BCUT2D eigenvalue weighted by Crippen LogP contribution is 2.25. The van der Waals surface area contributed by atoms with Crippen LogP contribution >= 0.6 is 11.6 Å². The lowest BCUT2D eigenvalue weighted by atomic mass is 10.1. The van der Waals surface area contributed by atoms with E-state index in [9.17, 15) is 18.0 Å². The van der Waals surface area contributed by atoms with E-state index < -0.39 is 18.1 Å². The van der Waals surface area contributed by atoms with Crippen molar-refractivity contribution in [3.8, 4) is 0 Å². The Morgan fingerprint density at radius 1 is 1.43 bits per heavy atom. The van der Waals surface area contributed by atoms with E-state index in [2.05, 4.69) is 4.98 Å². The molecular weight excluding hydrogens is 307 g/mol. The molecule has 0 aliphatic carbocycles. The second-order valence-corrected chi connectivity index (χ2v) is 4.79. The summed E-state index contributed by atoms with van der Waals surface area (Å²) >= 11 is 5.85. The Labute approximate surface area is 123 Å². The Morgan fingerprint density at radius 2 is 2.14 bits per heavy atom. The molecule has 1 unspecified atom stereocenters. The van der Waals surface area contributed by atoms with Crippen LogP contribution in [-0.2, 0) is 11.8 Å². The van der Waals surface area contributed by atoms with Crippen LogP contribution in [-0.4, -0.2) is 21.6 Å². The van der Waals surface area contributed by atoms with Crippen LogP contribution in [0.1, 0.15) is 17.4 Å². The van der Waals surface area contributed by atoms with Gasteiger partial charge in [0.25, 0.3) is 0 Å². The third kappa shape index (κ3) is 3.55. The fourth-order valence-corrected chi connectivity index (χ4v) is 2.05. The predicted molar refractivity (Wildman–Crippen MR) is 70.7 cm³/mol. The lowest BCUT2D eigenvalue weighted by Gasteiger charge is -2.20. The molecule has 1 atom stereocenters. The Balaban J connectivity index is 2.41. The van der Waals surface area contributed by atoms with Crippen molar-refractivity contribution in [2.45, 2.75) is 12.2 Å². The standard InChI is InChI=1S/C13H11ClF3N3O/c1-20-6-5-18-11(20)10(19-12(21)13(15,16)17)8-3-2-4-9(14)7-8/h2-7,10H,1H3,(H,19,21). The van der Waals surface area contributed by atoms with E-state index in [4.69, 9.17) is 11.6 Å². The number of nitrogens with one attached hydrogen (secondary N) is 1. The summed E-state index contributed by atoms with van der Waals surface area (Å²) in [6, 6.07) is 5.19. The topological polar surface area (TPSA) is 46.9 Å². The van der Waals surface area contributed by atoms with Crippen LogP contribution in [0.4, 0.5) is 13.2 Å². The Hall–Kier alpha value is -2.02. The molecule has 1 amide bonds. The summed E-state index contributed by atoms with van der Waals surface area (Å²) in [5.74, 6) is -1.76. The fourth-order valence-electron chi connectivity index (χ4n) is 1.85. The van der Waals surface area contributed by atoms with Crippen LogP contribution in [0.5, 0.6) is 0 Å². The number of aromatic nitrogens is 2. The minimum Gasteiger partial charge on any atom is -0.336 e. The van der Waals surface area contributed by atoms with Gasteiger partial charge in [-0.3, -0.25) is 4.79 Å². The van der Waals surface area contributed by atoms with Crippen LogP contribution in [0, 0.1) is 0 Å². The Bertz CT molecular complexity index is 654. The minimum atomic E-state index is -4.97. The van der Waals surface area contributed by atoms with E-state index in [1.165, 1.54) is 16.8 Å². The summed E-state index contributed by atoms with van der Waals surface area (Å²) in [6.45, 7) is 0. The lowest BCUT2D eigenvalue weighted by molar-refractivity contribution is -0.174. The normalized spacial score (nSPS) is 13.0. The first-order chi connectivity index (χ1) is 9.79. The zero-order valence-electron chi connectivity index (χ0n) is 10.9. The van der Waals surface area contributed by atoms with Gasteiger partial charge >= 0.3 is 12.1 Å². The summed E-state index contributed by atoms with van der Waals surface area (Å²) in [6.07, 6.45) is -1.96. The van der Waals surface area contributed by atoms with Gasteiger partial charge < -0.3 is 9.88 Å². The molecule has 0 saturated carbocycles. The highest BCUT2D eigenvalue weighted by atomic mass is 35.5. The second-order valence-electron chi connectivity index (χ2n) is 4.36. The quantitative estimate of drug-likeness (QED) is 0.946. The molecule has 2 aromatic rings. The molecule has 0 spiro atoms. The van der Waals surface area contributed by atoms with Crippen molar-refractivity contribution in [1.29, 1.82) is 0 Å². The first-order valence-electron chi connectivity index (χ1n) is 5.89. The van der Waals surface area contributed by atoms with Gasteiger partial charge in [0, 0.05) is 24.5 Å². The van der Waals surface area contributed by atoms with Crippen LogP contribution in [0.25, 0.3) is 0 Å². The predicted octanol–water partition coefficient (Wildman–Crippen LogP) is 2.84. The Morgan fingerprint density at radius 3 is 2.67 bits per heavy atom. The van der Waals surface area contributed by atoms with Crippen LogP contribution in [0.3, 0.4) is 0 Å². The molecule has 1 N–H and O–H groups in total. The van der Waals surface area contributed by atoms with Gasteiger partial charge in [0.15, 0.2) is 0 Å². The van der Waals surface area contributed by atoms with Gasteiger partial charge in [-0.1, -0.05) is 23.7 Å². The molecule has 2 rings (SSSR count). The molecule has 1 aromatic carbocycles. The molecule has 0 fully saturated rings. The average molecular weight is 318 g/mol. The zero-order chi connectivity index (χ0) is 15.6. The number of rotatable bonds is 3. The fraction of sp³-hybridized carbons (Fsp3) is 0.231. The summed E-state index contributed by atoms with van der Waals surface area (Å²) in [4.78, 5) is 15.2. The van der Waals surface area contributed by atoms with E-state index >= 15 is 0 Å². The van der Waals surface area contributed by atoms with Gasteiger partial charge in [-0.05, 0) is 17.7 Å². The van der Waals surface area contributed by atoms with E-state index in [1.807, 2.05) is 5.32 Å². The van der Waals surface area contributed by atoms with Crippen molar-refractivity contribution in [3.63, 3.8) is 0 Å². The molecule has 8 heteroatoms. The molecule has 1 aromatic heterocycles. The maximum absolute atomic E-state index is 12.5. The Kier molecular flexibility index (Phi) is 4.22. The highest BCUT2D eigenvalue weighted by Gasteiger charge is 2.40. The maximum atomic E-state index is 12.5. The third-order valence-corrected chi connectivity index (χ3v) is 3.07. The van der Waals surface area contributed by atoms with Gasteiger partial charge in [0.1, 0.15) is 11.9 Å². The van der Waals surface area contributed by atoms with E-state index in [0.29, 0.717) is 10.6 Å². The first kappa shape index (κ1) is 15.4. The highest BCUT2D eigenvalue weighted by molar-refractivity contribution is 6.30. The molecule has 112 valence electrons.